The maximum absolute atomic E-state index is 9.94. The van der Waals surface area contributed by atoms with Crippen LogP contribution >= 0.6 is 0 Å². The minimum Gasteiger partial charge on any atom is -0.358 e. The van der Waals surface area contributed by atoms with Gasteiger partial charge in [0.15, 0.2) is 0 Å². The molecule has 0 atom stereocenters. The predicted molar refractivity (Wildman–Crippen MR) is 68.8 cm³/mol. The highest BCUT2D eigenvalue weighted by Gasteiger charge is 1.84. The van der Waals surface area contributed by atoms with Gasteiger partial charge in [-0.05, 0) is 19.1 Å². The van der Waals surface area contributed by atoms with Gasteiger partial charge in [0.25, 0.3) is 0 Å². The van der Waals surface area contributed by atoms with Crippen LogP contribution in [0.2, 0.25) is 0 Å². The van der Waals surface area contributed by atoms with Crippen LogP contribution in [-0.4, -0.2) is 19.5 Å². The minimum absolute atomic E-state index is 0. The SMILES string of the molecule is C.CC#Cc1ccccc1.CNC(=O)CN. The Bertz CT molecular complexity index is 330. The second-order valence-corrected chi connectivity index (χ2v) is 2.62. The number of amides is 1. The molecular formula is C13H20N2O. The molecule has 1 rings (SSSR count). The monoisotopic (exact) mass is 220 g/mol. The zero-order chi connectivity index (χ0) is 11.5. The first-order chi connectivity index (χ1) is 7.24. The normalized spacial score (nSPS) is 7.19. The molecule has 0 spiro atoms. The molecular weight excluding hydrogens is 200 g/mol. The molecule has 0 aliphatic heterocycles. The van der Waals surface area contributed by atoms with E-state index in [1.165, 1.54) is 0 Å². The highest BCUT2D eigenvalue weighted by atomic mass is 16.1. The number of likely N-dealkylation sites (N-methyl/N-ethyl adjacent to an activating group) is 1. The molecule has 0 aromatic heterocycles. The summed E-state index contributed by atoms with van der Waals surface area (Å²) >= 11 is 0. The average molecular weight is 220 g/mol. The number of hydrogen-bond donors (Lipinski definition) is 2. The highest BCUT2D eigenvalue weighted by Crippen LogP contribution is 1.93. The molecule has 0 fully saturated rings. The second kappa shape index (κ2) is 11.3. The minimum atomic E-state index is -0.130. The fourth-order valence-corrected chi connectivity index (χ4v) is 0.768. The zero-order valence-electron chi connectivity index (χ0n) is 9.08. The van der Waals surface area contributed by atoms with E-state index in [0.717, 1.165) is 5.56 Å². The number of rotatable bonds is 1. The van der Waals surface area contributed by atoms with E-state index in [2.05, 4.69) is 17.2 Å². The first-order valence-electron chi connectivity index (χ1n) is 4.63. The standard InChI is InChI=1S/C9H8.C3H8N2O.CH4/c1-2-6-9-7-4-3-5-8-9;1-5-3(6)2-4;/h3-5,7-8H,1H3;2,4H2,1H3,(H,5,6);1H4. The van der Waals surface area contributed by atoms with Crippen LogP contribution in [0, 0.1) is 11.8 Å². The third-order valence-electron chi connectivity index (χ3n) is 1.51. The van der Waals surface area contributed by atoms with Gasteiger partial charge in [-0.1, -0.05) is 31.5 Å². The summed E-state index contributed by atoms with van der Waals surface area (Å²) in [5.41, 5.74) is 5.95. The van der Waals surface area contributed by atoms with Crippen LogP contribution in [-0.2, 0) is 4.79 Å². The highest BCUT2D eigenvalue weighted by molar-refractivity contribution is 5.77. The summed E-state index contributed by atoms with van der Waals surface area (Å²) in [6, 6.07) is 9.95. The molecule has 0 unspecified atom stereocenters. The van der Waals surface area contributed by atoms with Crippen molar-refractivity contribution in [1.82, 2.24) is 5.32 Å². The molecule has 0 aliphatic carbocycles. The Balaban J connectivity index is 0. The van der Waals surface area contributed by atoms with Crippen LogP contribution in [0.3, 0.4) is 0 Å². The topological polar surface area (TPSA) is 55.1 Å². The summed E-state index contributed by atoms with van der Waals surface area (Å²) in [5.74, 6) is 5.66. The van der Waals surface area contributed by atoms with Crippen molar-refractivity contribution in [3.63, 3.8) is 0 Å². The van der Waals surface area contributed by atoms with Crippen LogP contribution in [0.25, 0.3) is 0 Å². The maximum Gasteiger partial charge on any atom is 0.233 e. The molecule has 3 nitrogen and oxygen atoms in total. The number of hydrogen-bond acceptors (Lipinski definition) is 2. The van der Waals surface area contributed by atoms with Gasteiger partial charge in [0, 0.05) is 12.6 Å². The Morgan fingerprint density at radius 2 is 1.94 bits per heavy atom. The van der Waals surface area contributed by atoms with E-state index >= 15 is 0 Å². The lowest BCUT2D eigenvalue weighted by Gasteiger charge is -1.87. The maximum atomic E-state index is 9.94. The van der Waals surface area contributed by atoms with Gasteiger partial charge in [-0.2, -0.15) is 0 Å². The first-order valence-corrected chi connectivity index (χ1v) is 4.63. The van der Waals surface area contributed by atoms with Crippen LogP contribution in [0.5, 0.6) is 0 Å². The Kier molecular flexibility index (Phi) is 11.7. The molecule has 16 heavy (non-hydrogen) atoms. The van der Waals surface area contributed by atoms with Crippen molar-refractivity contribution in [2.75, 3.05) is 13.6 Å². The van der Waals surface area contributed by atoms with Crippen LogP contribution in [0.4, 0.5) is 0 Å². The Labute approximate surface area is 98.0 Å². The van der Waals surface area contributed by atoms with Gasteiger partial charge in [0.2, 0.25) is 5.91 Å². The van der Waals surface area contributed by atoms with E-state index in [4.69, 9.17) is 5.73 Å². The molecule has 1 amide bonds. The third kappa shape index (κ3) is 8.79. The summed E-state index contributed by atoms with van der Waals surface area (Å²) in [4.78, 5) is 9.94. The van der Waals surface area contributed by atoms with Gasteiger partial charge < -0.3 is 11.1 Å². The molecule has 0 heterocycles. The molecule has 0 bridgehead atoms. The van der Waals surface area contributed by atoms with E-state index in [1.807, 2.05) is 37.3 Å². The summed E-state index contributed by atoms with van der Waals surface area (Å²) in [5, 5.41) is 2.35. The van der Waals surface area contributed by atoms with Gasteiger partial charge in [-0.15, -0.1) is 5.92 Å². The van der Waals surface area contributed by atoms with Crippen LogP contribution in [0.1, 0.15) is 19.9 Å². The number of benzene rings is 1. The number of carbonyl (C=O) groups is 1. The molecule has 88 valence electrons. The van der Waals surface area contributed by atoms with Crippen molar-refractivity contribution < 1.29 is 4.79 Å². The zero-order valence-corrected chi connectivity index (χ0v) is 9.08. The van der Waals surface area contributed by atoms with E-state index in [-0.39, 0.29) is 19.9 Å². The van der Waals surface area contributed by atoms with E-state index in [9.17, 15) is 4.79 Å². The smallest absolute Gasteiger partial charge is 0.233 e. The molecule has 3 heteroatoms. The van der Waals surface area contributed by atoms with Gasteiger partial charge in [0.05, 0.1) is 6.54 Å². The van der Waals surface area contributed by atoms with Crippen molar-refractivity contribution >= 4 is 5.91 Å². The van der Waals surface area contributed by atoms with Crippen molar-refractivity contribution in [3.8, 4) is 11.8 Å². The van der Waals surface area contributed by atoms with Gasteiger partial charge in [-0.25, -0.2) is 0 Å². The number of carbonyl (C=O) groups excluding carboxylic acids is 1. The quantitative estimate of drug-likeness (QED) is 0.703. The largest absolute Gasteiger partial charge is 0.358 e. The predicted octanol–water partition coefficient (Wildman–Crippen LogP) is 1.39. The lowest BCUT2D eigenvalue weighted by molar-refractivity contribution is -0.119. The molecule has 3 N–H and O–H groups in total. The first kappa shape index (κ1) is 16.6. The van der Waals surface area contributed by atoms with Crippen molar-refractivity contribution in [2.24, 2.45) is 5.73 Å². The molecule has 0 radical (unpaired) electrons. The van der Waals surface area contributed by atoms with Crippen LogP contribution in [0.15, 0.2) is 30.3 Å². The Morgan fingerprint density at radius 1 is 1.38 bits per heavy atom. The van der Waals surface area contributed by atoms with Gasteiger partial charge in [0.1, 0.15) is 0 Å². The molecule has 1 aromatic rings. The molecule has 0 saturated heterocycles. The average Bonchev–Trinajstić information content (AvgIpc) is 2.31. The molecule has 1 aromatic carbocycles. The van der Waals surface area contributed by atoms with Crippen LogP contribution < -0.4 is 11.1 Å². The van der Waals surface area contributed by atoms with Crippen molar-refractivity contribution in [2.45, 2.75) is 14.4 Å². The van der Waals surface area contributed by atoms with Gasteiger partial charge >= 0.3 is 0 Å². The summed E-state index contributed by atoms with van der Waals surface area (Å²) < 4.78 is 0. The van der Waals surface area contributed by atoms with Crippen molar-refractivity contribution in [3.05, 3.63) is 35.9 Å². The van der Waals surface area contributed by atoms with E-state index in [0.29, 0.717) is 0 Å². The summed E-state index contributed by atoms with van der Waals surface area (Å²) in [6.45, 7) is 1.92. The number of nitrogens with two attached hydrogens (primary N) is 1. The summed E-state index contributed by atoms with van der Waals surface area (Å²) in [6.07, 6.45) is 0. The molecule has 0 aliphatic rings. The Hall–Kier alpha value is -1.79. The van der Waals surface area contributed by atoms with E-state index < -0.39 is 0 Å². The number of nitrogens with one attached hydrogen (secondary N) is 1. The third-order valence-corrected chi connectivity index (χ3v) is 1.51. The fraction of sp³-hybridized carbons (Fsp3) is 0.308. The lowest BCUT2D eigenvalue weighted by atomic mass is 10.2. The second-order valence-electron chi connectivity index (χ2n) is 2.62. The Morgan fingerprint density at radius 3 is 2.25 bits per heavy atom. The van der Waals surface area contributed by atoms with Crippen molar-refractivity contribution in [1.29, 1.82) is 0 Å². The summed E-state index contributed by atoms with van der Waals surface area (Å²) in [7, 11) is 1.55. The lowest BCUT2D eigenvalue weighted by Crippen LogP contribution is -2.26. The molecule has 0 saturated carbocycles. The van der Waals surface area contributed by atoms with Gasteiger partial charge in [-0.3, -0.25) is 4.79 Å². The van der Waals surface area contributed by atoms with E-state index in [1.54, 1.807) is 7.05 Å². The fourth-order valence-electron chi connectivity index (χ4n) is 0.768.